The first-order chi connectivity index (χ1) is 10.5. The molecule has 0 spiro atoms. The maximum absolute atomic E-state index is 12.1. The minimum absolute atomic E-state index is 0.00141. The zero-order chi connectivity index (χ0) is 15.7. The lowest BCUT2D eigenvalue weighted by molar-refractivity contribution is 0.0702. The van der Waals surface area contributed by atoms with Gasteiger partial charge in [-0.3, -0.25) is 4.68 Å². The number of hydrogen-bond donors (Lipinski definition) is 2. The highest BCUT2D eigenvalue weighted by atomic mass is 32.2. The largest absolute Gasteiger partial charge is 0.477 e. The van der Waals surface area contributed by atoms with E-state index in [1.54, 1.807) is 4.68 Å². The quantitative estimate of drug-likeness (QED) is 0.795. The Morgan fingerprint density at radius 3 is 2.91 bits per heavy atom. The molecule has 0 bridgehead atoms. The number of aromatic nitrogens is 2. The number of sulfonamides is 1. The molecule has 0 aromatic carbocycles. The molecule has 0 saturated heterocycles. The van der Waals surface area contributed by atoms with Crippen LogP contribution >= 0.6 is 11.3 Å². The number of carboxylic acid groups (broad SMARTS) is 1. The van der Waals surface area contributed by atoms with Gasteiger partial charge in [0.25, 0.3) is 0 Å². The SMILES string of the molecule is O=C(O)c1cc(S(=O)(=O)NCCn2ccc(C3CC3)n2)cs1. The van der Waals surface area contributed by atoms with Gasteiger partial charge < -0.3 is 5.11 Å². The fraction of sp³-hybridized carbons (Fsp3) is 0.385. The second kappa shape index (κ2) is 5.82. The van der Waals surface area contributed by atoms with Crippen LogP contribution in [0.5, 0.6) is 0 Å². The lowest BCUT2D eigenvalue weighted by Crippen LogP contribution is -2.27. The fourth-order valence-corrected chi connectivity index (χ4v) is 4.18. The van der Waals surface area contributed by atoms with E-state index in [2.05, 4.69) is 9.82 Å². The highest BCUT2D eigenvalue weighted by molar-refractivity contribution is 7.89. The average molecular weight is 341 g/mol. The van der Waals surface area contributed by atoms with Crippen molar-refractivity contribution >= 4 is 27.3 Å². The summed E-state index contributed by atoms with van der Waals surface area (Å²) < 4.78 is 28.3. The van der Waals surface area contributed by atoms with Crippen molar-refractivity contribution in [3.63, 3.8) is 0 Å². The molecule has 2 N–H and O–H groups in total. The Kier molecular flexibility index (Phi) is 4.02. The molecule has 2 aromatic rings. The molecule has 1 fully saturated rings. The molecule has 118 valence electrons. The highest BCUT2D eigenvalue weighted by Crippen LogP contribution is 2.38. The smallest absolute Gasteiger partial charge is 0.345 e. The molecule has 0 atom stereocenters. The van der Waals surface area contributed by atoms with E-state index >= 15 is 0 Å². The Bertz CT molecular complexity index is 790. The average Bonchev–Trinajstić information content (AvgIpc) is 3.01. The maximum Gasteiger partial charge on any atom is 0.345 e. The normalized spacial score (nSPS) is 15.1. The van der Waals surface area contributed by atoms with Crippen LogP contribution in [0.2, 0.25) is 0 Å². The van der Waals surface area contributed by atoms with Crippen molar-refractivity contribution in [2.45, 2.75) is 30.2 Å². The Morgan fingerprint density at radius 1 is 1.50 bits per heavy atom. The molecule has 0 unspecified atom stereocenters. The summed E-state index contributed by atoms with van der Waals surface area (Å²) in [5.74, 6) is -0.561. The Morgan fingerprint density at radius 2 is 2.27 bits per heavy atom. The van der Waals surface area contributed by atoms with Crippen molar-refractivity contribution in [1.82, 2.24) is 14.5 Å². The third-order valence-corrected chi connectivity index (χ3v) is 5.89. The van der Waals surface area contributed by atoms with E-state index in [0.29, 0.717) is 12.5 Å². The molecular formula is C13H15N3O4S2. The molecule has 0 aliphatic heterocycles. The molecule has 0 amide bonds. The zero-order valence-electron chi connectivity index (χ0n) is 11.6. The van der Waals surface area contributed by atoms with Gasteiger partial charge in [-0.2, -0.15) is 5.10 Å². The predicted molar refractivity (Wildman–Crippen MR) is 80.7 cm³/mol. The molecule has 3 rings (SSSR count). The summed E-state index contributed by atoms with van der Waals surface area (Å²) in [6.07, 6.45) is 4.19. The first-order valence-corrected chi connectivity index (χ1v) is 9.17. The van der Waals surface area contributed by atoms with Crippen LogP contribution in [-0.2, 0) is 16.6 Å². The molecule has 1 aliphatic rings. The van der Waals surface area contributed by atoms with Crippen molar-refractivity contribution in [3.05, 3.63) is 34.3 Å². The summed E-state index contributed by atoms with van der Waals surface area (Å²) >= 11 is 0.892. The maximum atomic E-state index is 12.1. The topological polar surface area (TPSA) is 101 Å². The standard InChI is InChI=1S/C13H15N3O4S2/c17-13(18)12-7-10(8-21-12)22(19,20)14-4-6-16-5-3-11(15-16)9-1-2-9/h3,5,7-9,14H,1-2,4,6H2,(H,17,18). The van der Waals surface area contributed by atoms with Gasteiger partial charge in [0, 0.05) is 24.0 Å². The number of nitrogens with one attached hydrogen (secondary N) is 1. The van der Waals surface area contributed by atoms with Crippen LogP contribution in [0.15, 0.2) is 28.6 Å². The molecule has 22 heavy (non-hydrogen) atoms. The van der Waals surface area contributed by atoms with E-state index in [0.717, 1.165) is 23.1 Å². The third kappa shape index (κ3) is 3.37. The molecule has 7 nitrogen and oxygen atoms in total. The van der Waals surface area contributed by atoms with Gasteiger partial charge in [0.15, 0.2) is 0 Å². The number of carbonyl (C=O) groups is 1. The zero-order valence-corrected chi connectivity index (χ0v) is 13.2. The minimum atomic E-state index is -3.68. The summed E-state index contributed by atoms with van der Waals surface area (Å²) in [7, 11) is -3.68. The van der Waals surface area contributed by atoms with Crippen LogP contribution < -0.4 is 4.72 Å². The van der Waals surface area contributed by atoms with Crippen LogP contribution in [0, 0.1) is 0 Å². The molecule has 1 aliphatic carbocycles. The predicted octanol–water partition coefficient (Wildman–Crippen LogP) is 1.50. The van der Waals surface area contributed by atoms with Crippen LogP contribution in [0.3, 0.4) is 0 Å². The van der Waals surface area contributed by atoms with E-state index in [1.165, 1.54) is 18.2 Å². The first kappa shape index (κ1) is 15.2. The minimum Gasteiger partial charge on any atom is -0.477 e. The van der Waals surface area contributed by atoms with E-state index in [1.807, 2.05) is 12.3 Å². The van der Waals surface area contributed by atoms with E-state index in [4.69, 9.17) is 5.11 Å². The van der Waals surface area contributed by atoms with Crippen LogP contribution in [-0.4, -0.2) is 35.8 Å². The number of nitrogens with zero attached hydrogens (tertiary/aromatic N) is 2. The van der Waals surface area contributed by atoms with Gasteiger partial charge >= 0.3 is 5.97 Å². The number of aromatic carboxylic acids is 1. The summed E-state index contributed by atoms with van der Waals surface area (Å²) in [6, 6.07) is 3.12. The van der Waals surface area contributed by atoms with Crippen molar-refractivity contribution in [3.8, 4) is 0 Å². The highest BCUT2D eigenvalue weighted by Gasteiger charge is 2.25. The summed E-state index contributed by atoms with van der Waals surface area (Å²) in [5.41, 5.74) is 1.06. The van der Waals surface area contributed by atoms with Gasteiger partial charge in [0.1, 0.15) is 4.88 Å². The van der Waals surface area contributed by atoms with Gasteiger partial charge in [-0.15, -0.1) is 11.3 Å². The van der Waals surface area contributed by atoms with Gasteiger partial charge in [-0.05, 0) is 25.0 Å². The van der Waals surface area contributed by atoms with Crippen LogP contribution in [0.25, 0.3) is 0 Å². The van der Waals surface area contributed by atoms with Crippen LogP contribution in [0.1, 0.15) is 34.1 Å². The van der Waals surface area contributed by atoms with Crippen molar-refractivity contribution in [1.29, 1.82) is 0 Å². The van der Waals surface area contributed by atoms with E-state index in [-0.39, 0.29) is 16.3 Å². The van der Waals surface area contributed by atoms with Gasteiger partial charge in [0.2, 0.25) is 10.0 Å². The fourth-order valence-electron chi connectivity index (χ4n) is 2.05. The molecule has 2 heterocycles. The van der Waals surface area contributed by atoms with E-state index < -0.39 is 16.0 Å². The Labute approximate surface area is 131 Å². The van der Waals surface area contributed by atoms with Gasteiger partial charge in [0.05, 0.1) is 17.1 Å². The third-order valence-electron chi connectivity index (χ3n) is 3.39. The molecular weight excluding hydrogens is 326 g/mol. The number of hydrogen-bond acceptors (Lipinski definition) is 5. The number of thiophene rings is 1. The Hall–Kier alpha value is -1.71. The molecule has 2 aromatic heterocycles. The monoisotopic (exact) mass is 341 g/mol. The summed E-state index contributed by atoms with van der Waals surface area (Å²) in [6.45, 7) is 0.633. The number of carboxylic acids is 1. The lowest BCUT2D eigenvalue weighted by atomic mass is 10.3. The van der Waals surface area contributed by atoms with Gasteiger partial charge in [-0.25, -0.2) is 17.9 Å². The molecule has 1 saturated carbocycles. The van der Waals surface area contributed by atoms with Crippen molar-refractivity contribution in [2.24, 2.45) is 0 Å². The van der Waals surface area contributed by atoms with Crippen LogP contribution in [0.4, 0.5) is 0 Å². The van der Waals surface area contributed by atoms with Crippen molar-refractivity contribution < 1.29 is 18.3 Å². The number of rotatable bonds is 7. The second-order valence-corrected chi connectivity index (χ2v) is 7.81. The van der Waals surface area contributed by atoms with Crippen molar-refractivity contribution in [2.75, 3.05) is 6.54 Å². The lowest BCUT2D eigenvalue weighted by Gasteiger charge is -2.05. The second-order valence-electron chi connectivity index (χ2n) is 5.13. The Balaban J connectivity index is 1.57. The van der Waals surface area contributed by atoms with Gasteiger partial charge in [-0.1, -0.05) is 0 Å². The summed E-state index contributed by atoms with van der Waals surface area (Å²) in [4.78, 5) is 10.8. The molecule has 9 heteroatoms. The first-order valence-electron chi connectivity index (χ1n) is 6.80. The molecule has 0 radical (unpaired) electrons. The van der Waals surface area contributed by atoms with E-state index in [9.17, 15) is 13.2 Å². The summed E-state index contributed by atoms with van der Waals surface area (Å²) in [5, 5.41) is 14.5.